The summed E-state index contributed by atoms with van der Waals surface area (Å²) in [6, 6.07) is 2.12. The van der Waals surface area contributed by atoms with Crippen LogP contribution in [0.4, 0.5) is 0 Å². The molecule has 1 unspecified atom stereocenters. The van der Waals surface area contributed by atoms with E-state index in [0.29, 0.717) is 5.92 Å². The van der Waals surface area contributed by atoms with Gasteiger partial charge in [-0.1, -0.05) is 26.0 Å². The van der Waals surface area contributed by atoms with Crippen molar-refractivity contribution >= 4 is 17.1 Å². The highest BCUT2D eigenvalue weighted by molar-refractivity contribution is 5.83. The molecular formula is C14H18N2. The number of rotatable bonds is 3. The van der Waals surface area contributed by atoms with Gasteiger partial charge in [-0.3, -0.25) is 0 Å². The molecule has 1 atom stereocenters. The summed E-state index contributed by atoms with van der Waals surface area (Å²) in [5.74, 6) is 0.562. The summed E-state index contributed by atoms with van der Waals surface area (Å²) >= 11 is 0. The number of pyridine rings is 1. The van der Waals surface area contributed by atoms with Crippen molar-refractivity contribution < 1.29 is 0 Å². The molecule has 0 aromatic carbocycles. The van der Waals surface area contributed by atoms with Crippen molar-refractivity contribution in [1.82, 2.24) is 9.97 Å². The van der Waals surface area contributed by atoms with Gasteiger partial charge in [0.2, 0.25) is 0 Å². The van der Waals surface area contributed by atoms with E-state index < -0.39 is 0 Å². The van der Waals surface area contributed by atoms with Crippen LogP contribution in [0.15, 0.2) is 24.5 Å². The van der Waals surface area contributed by atoms with Crippen LogP contribution in [0.1, 0.15) is 44.2 Å². The molecule has 0 saturated carbocycles. The Morgan fingerprint density at radius 1 is 1.50 bits per heavy atom. The van der Waals surface area contributed by atoms with E-state index in [-0.39, 0.29) is 0 Å². The van der Waals surface area contributed by atoms with Gasteiger partial charge in [-0.05, 0) is 36.5 Å². The SMILES string of the molecule is C/C=C\c1cnc2[nH]ccc2c1C(C)CC. The molecule has 0 aliphatic heterocycles. The number of nitrogens with zero attached hydrogens (tertiary/aromatic N) is 1. The lowest BCUT2D eigenvalue weighted by Gasteiger charge is -2.13. The van der Waals surface area contributed by atoms with E-state index >= 15 is 0 Å². The Morgan fingerprint density at radius 3 is 3.00 bits per heavy atom. The van der Waals surface area contributed by atoms with E-state index in [1.165, 1.54) is 16.5 Å². The van der Waals surface area contributed by atoms with Crippen LogP contribution < -0.4 is 0 Å². The molecule has 2 heterocycles. The molecular weight excluding hydrogens is 196 g/mol. The predicted octanol–water partition coefficient (Wildman–Crippen LogP) is 4.11. The molecule has 1 N–H and O–H groups in total. The van der Waals surface area contributed by atoms with Crippen molar-refractivity contribution in [3.8, 4) is 0 Å². The minimum atomic E-state index is 0.562. The smallest absolute Gasteiger partial charge is 0.137 e. The number of H-pyrrole nitrogens is 1. The van der Waals surface area contributed by atoms with Crippen LogP contribution in [0.2, 0.25) is 0 Å². The Morgan fingerprint density at radius 2 is 2.31 bits per heavy atom. The fourth-order valence-electron chi connectivity index (χ4n) is 2.11. The molecule has 2 nitrogen and oxygen atoms in total. The number of hydrogen-bond acceptors (Lipinski definition) is 1. The molecule has 16 heavy (non-hydrogen) atoms. The van der Waals surface area contributed by atoms with Gasteiger partial charge in [0.25, 0.3) is 0 Å². The average Bonchev–Trinajstić information content (AvgIpc) is 2.76. The molecule has 2 rings (SSSR count). The lowest BCUT2D eigenvalue weighted by atomic mass is 9.92. The highest BCUT2D eigenvalue weighted by atomic mass is 14.8. The van der Waals surface area contributed by atoms with Crippen molar-refractivity contribution in [2.24, 2.45) is 0 Å². The summed E-state index contributed by atoms with van der Waals surface area (Å²) < 4.78 is 0. The van der Waals surface area contributed by atoms with E-state index in [1.807, 2.05) is 19.3 Å². The lowest BCUT2D eigenvalue weighted by molar-refractivity contribution is 0.737. The van der Waals surface area contributed by atoms with Gasteiger partial charge in [-0.2, -0.15) is 0 Å². The fraction of sp³-hybridized carbons (Fsp3) is 0.357. The summed E-state index contributed by atoms with van der Waals surface area (Å²) in [7, 11) is 0. The van der Waals surface area contributed by atoms with Crippen LogP contribution in [0.5, 0.6) is 0 Å². The third-order valence-electron chi connectivity index (χ3n) is 3.11. The van der Waals surface area contributed by atoms with Crippen molar-refractivity contribution in [1.29, 1.82) is 0 Å². The minimum Gasteiger partial charge on any atom is -0.346 e. The maximum absolute atomic E-state index is 4.43. The number of nitrogens with one attached hydrogen (secondary N) is 1. The predicted molar refractivity (Wildman–Crippen MR) is 69.5 cm³/mol. The first kappa shape index (κ1) is 10.9. The molecule has 0 aliphatic rings. The van der Waals surface area contributed by atoms with E-state index in [1.54, 1.807) is 0 Å². The second kappa shape index (κ2) is 4.52. The molecule has 0 aliphatic carbocycles. The summed E-state index contributed by atoms with van der Waals surface area (Å²) in [5.41, 5.74) is 3.64. The van der Waals surface area contributed by atoms with E-state index in [0.717, 1.165) is 12.1 Å². The van der Waals surface area contributed by atoms with Gasteiger partial charge in [0.05, 0.1) is 0 Å². The summed E-state index contributed by atoms with van der Waals surface area (Å²) in [4.78, 5) is 7.60. The standard InChI is InChI=1S/C14H18N2/c1-4-6-11-9-16-14-12(7-8-15-14)13(11)10(3)5-2/h4,6-10H,5H2,1-3H3,(H,15,16)/b6-4-. The Balaban J connectivity index is 2.70. The Hall–Kier alpha value is -1.57. The number of hydrogen-bond donors (Lipinski definition) is 1. The number of aromatic amines is 1. The van der Waals surface area contributed by atoms with Gasteiger partial charge < -0.3 is 4.98 Å². The second-order valence-electron chi connectivity index (χ2n) is 4.18. The van der Waals surface area contributed by atoms with Gasteiger partial charge in [0.15, 0.2) is 0 Å². The molecule has 0 fully saturated rings. The van der Waals surface area contributed by atoms with E-state index in [9.17, 15) is 0 Å². The van der Waals surface area contributed by atoms with Crippen molar-refractivity contribution in [3.05, 3.63) is 35.7 Å². The largest absolute Gasteiger partial charge is 0.346 e. The number of fused-ring (bicyclic) bond motifs is 1. The topological polar surface area (TPSA) is 28.7 Å². The maximum atomic E-state index is 4.43. The molecule has 84 valence electrons. The Bertz CT molecular complexity index is 508. The third kappa shape index (κ3) is 1.75. The molecule has 2 aromatic rings. The number of aromatic nitrogens is 2. The molecule has 0 radical (unpaired) electrons. The van der Waals surface area contributed by atoms with Crippen LogP contribution in [-0.4, -0.2) is 9.97 Å². The van der Waals surface area contributed by atoms with Gasteiger partial charge >= 0.3 is 0 Å². The second-order valence-corrected chi connectivity index (χ2v) is 4.18. The van der Waals surface area contributed by atoms with Crippen molar-refractivity contribution in [3.63, 3.8) is 0 Å². The third-order valence-corrected chi connectivity index (χ3v) is 3.11. The van der Waals surface area contributed by atoms with Gasteiger partial charge in [-0.25, -0.2) is 4.98 Å². The molecule has 0 bridgehead atoms. The van der Waals surface area contributed by atoms with Crippen molar-refractivity contribution in [2.45, 2.75) is 33.1 Å². The van der Waals surface area contributed by atoms with Gasteiger partial charge in [0.1, 0.15) is 5.65 Å². The van der Waals surface area contributed by atoms with Crippen LogP contribution in [0.25, 0.3) is 17.1 Å². The zero-order chi connectivity index (χ0) is 11.5. The molecule has 2 aromatic heterocycles. The van der Waals surface area contributed by atoms with Crippen molar-refractivity contribution in [2.75, 3.05) is 0 Å². The Labute approximate surface area is 96.4 Å². The average molecular weight is 214 g/mol. The molecule has 0 spiro atoms. The first-order chi connectivity index (χ1) is 7.77. The van der Waals surface area contributed by atoms with Gasteiger partial charge in [-0.15, -0.1) is 0 Å². The summed E-state index contributed by atoms with van der Waals surface area (Å²) in [6.45, 7) is 6.54. The summed E-state index contributed by atoms with van der Waals surface area (Å²) in [6.07, 6.45) is 9.28. The molecule has 2 heteroatoms. The first-order valence-corrected chi connectivity index (χ1v) is 5.86. The summed E-state index contributed by atoms with van der Waals surface area (Å²) in [5, 5.41) is 1.25. The lowest BCUT2D eigenvalue weighted by Crippen LogP contribution is -1.97. The highest BCUT2D eigenvalue weighted by Gasteiger charge is 2.12. The minimum absolute atomic E-state index is 0.562. The van der Waals surface area contributed by atoms with Crippen LogP contribution in [0, 0.1) is 0 Å². The normalized spacial score (nSPS) is 13.7. The Kier molecular flexibility index (Phi) is 3.09. The number of allylic oxidation sites excluding steroid dienone is 1. The van der Waals surface area contributed by atoms with Crippen LogP contribution >= 0.6 is 0 Å². The van der Waals surface area contributed by atoms with E-state index in [4.69, 9.17) is 0 Å². The zero-order valence-electron chi connectivity index (χ0n) is 10.1. The van der Waals surface area contributed by atoms with Crippen LogP contribution in [-0.2, 0) is 0 Å². The molecule has 0 amide bonds. The highest BCUT2D eigenvalue weighted by Crippen LogP contribution is 2.30. The zero-order valence-corrected chi connectivity index (χ0v) is 10.1. The first-order valence-electron chi connectivity index (χ1n) is 5.86. The fourth-order valence-corrected chi connectivity index (χ4v) is 2.11. The quantitative estimate of drug-likeness (QED) is 0.818. The maximum Gasteiger partial charge on any atom is 0.137 e. The molecule has 0 saturated heterocycles. The van der Waals surface area contributed by atoms with Gasteiger partial charge in [0, 0.05) is 17.8 Å². The van der Waals surface area contributed by atoms with E-state index in [2.05, 4.69) is 42.0 Å². The monoisotopic (exact) mass is 214 g/mol. The van der Waals surface area contributed by atoms with Crippen LogP contribution in [0.3, 0.4) is 0 Å².